The summed E-state index contributed by atoms with van der Waals surface area (Å²) in [4.78, 5) is 13.0. The largest absolute Gasteiger partial charge is 0.343 e. The minimum Gasteiger partial charge on any atom is -0.343 e. The van der Waals surface area contributed by atoms with Crippen LogP contribution in [0.2, 0.25) is 0 Å². The molecule has 0 atom stereocenters. The molecule has 0 radical (unpaired) electrons. The zero-order chi connectivity index (χ0) is 22.6. The zero-order valence-electron chi connectivity index (χ0n) is 18.3. The Kier molecular flexibility index (Phi) is 6.18. The van der Waals surface area contributed by atoms with E-state index in [0.717, 1.165) is 34.2 Å². The molecule has 4 rings (SSSR count). The minimum absolute atomic E-state index is 0.103. The van der Waals surface area contributed by atoms with E-state index in [-0.39, 0.29) is 11.7 Å². The van der Waals surface area contributed by atoms with Crippen molar-refractivity contribution in [2.75, 3.05) is 0 Å². The Hall–Kier alpha value is -3.72. The lowest BCUT2D eigenvalue weighted by atomic mass is 9.93. The van der Waals surface area contributed by atoms with Crippen LogP contribution in [0.1, 0.15) is 40.9 Å². The normalized spacial score (nSPS) is 11.2. The van der Waals surface area contributed by atoms with E-state index in [1.54, 1.807) is 0 Å². The van der Waals surface area contributed by atoms with Crippen LogP contribution in [0, 0.1) is 5.82 Å². The Labute approximate surface area is 188 Å². The Morgan fingerprint density at radius 1 is 0.750 bits per heavy atom. The number of carbonyl (C=O) groups excluding carboxylic acids is 1. The molecule has 4 aromatic rings. The summed E-state index contributed by atoms with van der Waals surface area (Å²) in [5.41, 5.74) is 5.46. The molecular formula is C29H26FNO. The first-order valence-corrected chi connectivity index (χ1v) is 10.7. The van der Waals surface area contributed by atoms with Crippen LogP contribution in [0.3, 0.4) is 0 Å². The van der Waals surface area contributed by atoms with Gasteiger partial charge >= 0.3 is 0 Å². The fourth-order valence-corrected chi connectivity index (χ4v) is 3.78. The lowest BCUT2D eigenvalue weighted by Gasteiger charge is -2.27. The second-order valence-corrected chi connectivity index (χ2v) is 8.53. The third-order valence-electron chi connectivity index (χ3n) is 5.66. The number of amides is 1. The van der Waals surface area contributed by atoms with Gasteiger partial charge in [0.05, 0.1) is 5.54 Å². The summed E-state index contributed by atoms with van der Waals surface area (Å²) in [6, 6.07) is 32.5. The average Bonchev–Trinajstić information content (AvgIpc) is 2.81. The van der Waals surface area contributed by atoms with Crippen molar-refractivity contribution in [1.82, 2.24) is 5.32 Å². The number of carbonyl (C=O) groups is 1. The third kappa shape index (κ3) is 5.12. The van der Waals surface area contributed by atoms with Gasteiger partial charge in [0, 0.05) is 5.56 Å². The fourth-order valence-electron chi connectivity index (χ4n) is 3.78. The van der Waals surface area contributed by atoms with Gasteiger partial charge in [0.1, 0.15) is 5.82 Å². The number of nitrogens with one attached hydrogen (secondary N) is 1. The molecule has 1 N–H and O–H groups in total. The monoisotopic (exact) mass is 423 g/mol. The summed E-state index contributed by atoms with van der Waals surface area (Å²) in [7, 11) is 0. The van der Waals surface area contributed by atoms with Gasteiger partial charge in [-0.1, -0.05) is 78.9 Å². The van der Waals surface area contributed by atoms with Gasteiger partial charge in [-0.05, 0) is 72.4 Å². The van der Waals surface area contributed by atoms with Crippen LogP contribution >= 0.6 is 0 Å². The molecule has 0 heterocycles. The summed E-state index contributed by atoms with van der Waals surface area (Å²) >= 11 is 0. The van der Waals surface area contributed by atoms with E-state index >= 15 is 0 Å². The predicted octanol–water partition coefficient (Wildman–Crippen LogP) is 6.75. The molecule has 4 aromatic carbocycles. The predicted molar refractivity (Wildman–Crippen MR) is 128 cm³/mol. The van der Waals surface area contributed by atoms with Crippen molar-refractivity contribution in [3.05, 3.63) is 131 Å². The zero-order valence-corrected chi connectivity index (χ0v) is 18.3. The molecule has 0 saturated carbocycles. The van der Waals surface area contributed by atoms with Crippen LogP contribution in [0.25, 0.3) is 11.1 Å². The number of rotatable bonds is 6. The Bertz CT molecular complexity index is 1200. The minimum atomic E-state index is -0.476. The highest BCUT2D eigenvalue weighted by molar-refractivity contribution is 5.96. The van der Waals surface area contributed by atoms with E-state index in [2.05, 4.69) is 29.6 Å². The Balaban J connectivity index is 1.48. The Morgan fingerprint density at radius 2 is 1.38 bits per heavy atom. The van der Waals surface area contributed by atoms with E-state index < -0.39 is 5.54 Å². The van der Waals surface area contributed by atoms with Crippen molar-refractivity contribution in [2.45, 2.75) is 25.8 Å². The molecule has 32 heavy (non-hydrogen) atoms. The van der Waals surface area contributed by atoms with Crippen molar-refractivity contribution in [3.8, 4) is 11.1 Å². The van der Waals surface area contributed by atoms with Crippen LogP contribution in [0.4, 0.5) is 4.39 Å². The van der Waals surface area contributed by atoms with Crippen LogP contribution in [0.5, 0.6) is 0 Å². The van der Waals surface area contributed by atoms with Crippen LogP contribution in [-0.2, 0) is 12.0 Å². The molecule has 1 amide bonds. The quantitative estimate of drug-likeness (QED) is 0.365. The molecule has 0 bridgehead atoms. The standard InChI is InChI=1S/C29H26FNO/c1-29(2,26-9-4-3-5-10-26)31-28(32)25-8-6-7-24(20-25)23-15-11-21(12-16-23)19-22-13-17-27(30)18-14-22/h3-18,20H,19H2,1-2H3,(H,31,32). The summed E-state index contributed by atoms with van der Waals surface area (Å²) in [6.07, 6.45) is 0.748. The van der Waals surface area contributed by atoms with Gasteiger partial charge in [-0.3, -0.25) is 4.79 Å². The van der Waals surface area contributed by atoms with Gasteiger partial charge in [-0.2, -0.15) is 0 Å². The highest BCUT2D eigenvalue weighted by Gasteiger charge is 2.23. The number of halogens is 1. The van der Waals surface area contributed by atoms with Gasteiger partial charge in [0.15, 0.2) is 0 Å². The molecule has 160 valence electrons. The van der Waals surface area contributed by atoms with Crippen molar-refractivity contribution in [1.29, 1.82) is 0 Å². The Morgan fingerprint density at radius 3 is 2.03 bits per heavy atom. The third-order valence-corrected chi connectivity index (χ3v) is 5.66. The summed E-state index contributed by atoms with van der Waals surface area (Å²) in [6.45, 7) is 4.01. The van der Waals surface area contributed by atoms with E-state index in [4.69, 9.17) is 0 Å². The smallest absolute Gasteiger partial charge is 0.251 e. The van der Waals surface area contributed by atoms with E-state index in [0.29, 0.717) is 5.56 Å². The molecule has 2 nitrogen and oxygen atoms in total. The van der Waals surface area contributed by atoms with Crippen LogP contribution in [0.15, 0.2) is 103 Å². The highest BCUT2D eigenvalue weighted by atomic mass is 19.1. The summed E-state index contributed by atoms with van der Waals surface area (Å²) in [5.74, 6) is -0.325. The van der Waals surface area contributed by atoms with E-state index in [1.165, 1.54) is 12.1 Å². The lowest BCUT2D eigenvalue weighted by molar-refractivity contribution is 0.0912. The first kappa shape index (κ1) is 21.5. The number of hydrogen-bond acceptors (Lipinski definition) is 1. The molecule has 0 aliphatic carbocycles. The van der Waals surface area contributed by atoms with Crippen LogP contribution < -0.4 is 5.32 Å². The molecule has 0 aliphatic rings. The van der Waals surface area contributed by atoms with Crippen molar-refractivity contribution in [2.24, 2.45) is 0 Å². The maximum atomic E-state index is 13.1. The average molecular weight is 424 g/mol. The SMILES string of the molecule is CC(C)(NC(=O)c1cccc(-c2ccc(Cc3ccc(F)cc3)cc2)c1)c1ccccc1. The maximum absolute atomic E-state index is 13.1. The molecule has 0 saturated heterocycles. The first-order valence-electron chi connectivity index (χ1n) is 10.7. The van der Waals surface area contributed by atoms with E-state index in [1.807, 2.05) is 80.6 Å². The molecule has 0 spiro atoms. The van der Waals surface area contributed by atoms with Crippen molar-refractivity contribution in [3.63, 3.8) is 0 Å². The maximum Gasteiger partial charge on any atom is 0.251 e. The fraction of sp³-hybridized carbons (Fsp3) is 0.138. The molecule has 0 aliphatic heterocycles. The van der Waals surface area contributed by atoms with Crippen molar-refractivity contribution >= 4 is 5.91 Å². The van der Waals surface area contributed by atoms with Crippen molar-refractivity contribution < 1.29 is 9.18 Å². The highest BCUT2D eigenvalue weighted by Crippen LogP contribution is 2.24. The van der Waals surface area contributed by atoms with Crippen LogP contribution in [-0.4, -0.2) is 5.91 Å². The number of hydrogen-bond donors (Lipinski definition) is 1. The van der Waals surface area contributed by atoms with Gasteiger partial charge in [0.2, 0.25) is 0 Å². The molecule has 0 unspecified atom stereocenters. The van der Waals surface area contributed by atoms with E-state index in [9.17, 15) is 9.18 Å². The topological polar surface area (TPSA) is 29.1 Å². The van der Waals surface area contributed by atoms with Gasteiger partial charge < -0.3 is 5.32 Å². The molecule has 0 fully saturated rings. The first-order chi connectivity index (χ1) is 15.4. The molecular weight excluding hydrogens is 397 g/mol. The lowest BCUT2D eigenvalue weighted by Crippen LogP contribution is -2.40. The summed E-state index contributed by atoms with van der Waals surface area (Å²) in [5, 5.41) is 3.14. The molecule has 3 heteroatoms. The van der Waals surface area contributed by atoms with Gasteiger partial charge in [0.25, 0.3) is 5.91 Å². The second kappa shape index (κ2) is 9.19. The van der Waals surface area contributed by atoms with Gasteiger partial charge in [-0.25, -0.2) is 4.39 Å². The second-order valence-electron chi connectivity index (χ2n) is 8.53. The van der Waals surface area contributed by atoms with Gasteiger partial charge in [-0.15, -0.1) is 0 Å². The number of benzene rings is 4. The summed E-state index contributed by atoms with van der Waals surface area (Å²) < 4.78 is 13.1. The molecule has 0 aromatic heterocycles.